The summed E-state index contributed by atoms with van der Waals surface area (Å²) in [6, 6.07) is 9.66. The molecule has 0 atom stereocenters. The first-order valence-electron chi connectivity index (χ1n) is 9.07. The molecule has 1 amide bonds. The van der Waals surface area contributed by atoms with Gasteiger partial charge in [-0.3, -0.25) is 4.79 Å². The van der Waals surface area contributed by atoms with Crippen molar-refractivity contribution in [2.75, 3.05) is 6.54 Å². The molecule has 0 saturated carbocycles. The summed E-state index contributed by atoms with van der Waals surface area (Å²) in [5, 5.41) is 2.81. The number of nitrogens with zero attached hydrogens (tertiary/aromatic N) is 2. The van der Waals surface area contributed by atoms with Gasteiger partial charge in [0.25, 0.3) is 0 Å². The van der Waals surface area contributed by atoms with Crippen molar-refractivity contribution in [3.05, 3.63) is 78.8 Å². The largest absolute Gasteiger partial charge is 0.468 e. The topological polar surface area (TPSA) is 106 Å². The highest BCUT2D eigenvalue weighted by Crippen LogP contribution is 2.12. The lowest BCUT2D eigenvalue weighted by molar-refractivity contribution is -0.116. The van der Waals surface area contributed by atoms with Crippen LogP contribution in [-0.2, 0) is 27.9 Å². The molecule has 2 heterocycles. The van der Waals surface area contributed by atoms with Crippen LogP contribution < -0.4 is 10.0 Å². The van der Waals surface area contributed by atoms with Crippen LogP contribution in [0.4, 0.5) is 0 Å². The molecule has 2 N–H and O–H groups in total. The molecule has 3 aromatic rings. The Morgan fingerprint density at radius 3 is 2.72 bits per heavy atom. The van der Waals surface area contributed by atoms with Crippen LogP contribution in [0.3, 0.4) is 0 Å². The fraction of sp³-hybridized carbons (Fsp3) is 0.200. The molecule has 0 fully saturated rings. The van der Waals surface area contributed by atoms with Crippen molar-refractivity contribution in [3.8, 4) is 0 Å². The van der Waals surface area contributed by atoms with E-state index < -0.39 is 10.0 Å². The normalized spacial score (nSPS) is 11.7. The molecule has 9 heteroatoms. The number of nitrogens with one attached hydrogen (secondary N) is 2. The van der Waals surface area contributed by atoms with E-state index in [-0.39, 0.29) is 17.3 Å². The fourth-order valence-electron chi connectivity index (χ4n) is 2.54. The SMILES string of the molecule is O=C(/C=C/c1ccc(S(=O)(=O)NCc2ccco2)cc1)NCCCn1ccnc1. The summed E-state index contributed by atoms with van der Waals surface area (Å²) in [5.41, 5.74) is 0.726. The van der Waals surface area contributed by atoms with Gasteiger partial charge in [-0.25, -0.2) is 18.1 Å². The molecular weight excluding hydrogens is 392 g/mol. The zero-order valence-electron chi connectivity index (χ0n) is 15.7. The van der Waals surface area contributed by atoms with E-state index in [2.05, 4.69) is 15.0 Å². The van der Waals surface area contributed by atoms with Gasteiger partial charge >= 0.3 is 0 Å². The lowest BCUT2D eigenvalue weighted by atomic mass is 10.2. The van der Waals surface area contributed by atoms with Crippen molar-refractivity contribution >= 4 is 22.0 Å². The predicted molar refractivity (Wildman–Crippen MR) is 108 cm³/mol. The third-order valence-electron chi connectivity index (χ3n) is 4.09. The van der Waals surface area contributed by atoms with E-state index >= 15 is 0 Å². The smallest absolute Gasteiger partial charge is 0.244 e. The number of furan rings is 1. The van der Waals surface area contributed by atoms with Crippen LogP contribution in [0.25, 0.3) is 6.08 Å². The van der Waals surface area contributed by atoms with Gasteiger partial charge in [-0.15, -0.1) is 0 Å². The van der Waals surface area contributed by atoms with E-state index in [1.54, 1.807) is 42.9 Å². The Morgan fingerprint density at radius 1 is 1.21 bits per heavy atom. The summed E-state index contributed by atoms with van der Waals surface area (Å²) in [6.07, 6.45) is 10.7. The van der Waals surface area contributed by atoms with E-state index in [4.69, 9.17) is 4.42 Å². The summed E-state index contributed by atoms with van der Waals surface area (Å²) in [4.78, 5) is 16.0. The van der Waals surface area contributed by atoms with Gasteiger partial charge in [-0.05, 0) is 42.3 Å². The summed E-state index contributed by atoms with van der Waals surface area (Å²) in [6.45, 7) is 1.42. The van der Waals surface area contributed by atoms with Gasteiger partial charge in [0.2, 0.25) is 15.9 Å². The molecular formula is C20H22N4O4S. The molecule has 8 nitrogen and oxygen atoms in total. The molecule has 0 bridgehead atoms. The summed E-state index contributed by atoms with van der Waals surface area (Å²) in [5.74, 6) is 0.330. The van der Waals surface area contributed by atoms with Crippen molar-refractivity contribution in [1.82, 2.24) is 19.6 Å². The van der Waals surface area contributed by atoms with Crippen LogP contribution in [0.2, 0.25) is 0 Å². The third kappa shape index (κ3) is 6.44. The summed E-state index contributed by atoms with van der Waals surface area (Å²) < 4.78 is 34.1. The lowest BCUT2D eigenvalue weighted by Gasteiger charge is -2.06. The number of aromatic nitrogens is 2. The first-order chi connectivity index (χ1) is 14.0. The minimum Gasteiger partial charge on any atom is -0.468 e. The number of sulfonamides is 1. The van der Waals surface area contributed by atoms with E-state index in [0.717, 1.165) is 18.5 Å². The lowest BCUT2D eigenvalue weighted by Crippen LogP contribution is -2.23. The highest BCUT2D eigenvalue weighted by molar-refractivity contribution is 7.89. The average Bonchev–Trinajstić information content (AvgIpc) is 3.42. The number of benzene rings is 1. The molecule has 0 spiro atoms. The first kappa shape index (κ1) is 20.6. The molecule has 0 radical (unpaired) electrons. The summed E-state index contributed by atoms with van der Waals surface area (Å²) in [7, 11) is -3.64. The number of aryl methyl sites for hydroxylation is 1. The average molecular weight is 414 g/mol. The highest BCUT2D eigenvalue weighted by atomic mass is 32.2. The van der Waals surface area contributed by atoms with Gasteiger partial charge in [-0.1, -0.05) is 12.1 Å². The maximum absolute atomic E-state index is 12.3. The number of hydrogen-bond donors (Lipinski definition) is 2. The van der Waals surface area contributed by atoms with Crippen LogP contribution in [0.1, 0.15) is 17.7 Å². The van der Waals surface area contributed by atoms with Crippen LogP contribution >= 0.6 is 0 Å². The number of carbonyl (C=O) groups is 1. The second kappa shape index (κ2) is 9.85. The number of hydrogen-bond acceptors (Lipinski definition) is 5. The fourth-order valence-corrected chi connectivity index (χ4v) is 3.54. The van der Waals surface area contributed by atoms with Crippen molar-refractivity contribution in [3.63, 3.8) is 0 Å². The minimum absolute atomic E-state index is 0.0814. The quantitative estimate of drug-likeness (QED) is 0.391. The Bertz CT molecular complexity index is 1020. The molecule has 29 heavy (non-hydrogen) atoms. The second-order valence-electron chi connectivity index (χ2n) is 6.25. The Kier molecular flexibility index (Phi) is 6.99. The molecule has 1 aromatic carbocycles. The highest BCUT2D eigenvalue weighted by Gasteiger charge is 2.13. The number of carbonyl (C=O) groups excluding carboxylic acids is 1. The van der Waals surface area contributed by atoms with Gasteiger partial charge in [0, 0.05) is 31.6 Å². The molecule has 0 aliphatic carbocycles. The van der Waals surface area contributed by atoms with E-state index in [1.165, 1.54) is 24.5 Å². The molecule has 3 rings (SSSR count). The van der Waals surface area contributed by atoms with Crippen LogP contribution in [0.15, 0.2) is 76.8 Å². The van der Waals surface area contributed by atoms with Gasteiger partial charge in [-0.2, -0.15) is 0 Å². The minimum atomic E-state index is -3.64. The number of rotatable bonds is 10. The Balaban J connectivity index is 1.45. The maximum atomic E-state index is 12.3. The molecule has 0 saturated heterocycles. The molecule has 0 aliphatic rings. The van der Waals surface area contributed by atoms with Crippen molar-refractivity contribution < 1.29 is 17.6 Å². The third-order valence-corrected chi connectivity index (χ3v) is 5.50. The molecule has 2 aromatic heterocycles. The van der Waals surface area contributed by atoms with Gasteiger partial charge in [0.05, 0.1) is 24.0 Å². The van der Waals surface area contributed by atoms with Gasteiger partial charge in [0.15, 0.2) is 0 Å². The predicted octanol–water partition coefficient (Wildman–Crippen LogP) is 2.17. The molecule has 0 aliphatic heterocycles. The molecule has 0 unspecified atom stereocenters. The Morgan fingerprint density at radius 2 is 2.03 bits per heavy atom. The number of imidazole rings is 1. The van der Waals surface area contributed by atoms with Crippen molar-refractivity contribution in [2.24, 2.45) is 0 Å². The zero-order valence-corrected chi connectivity index (χ0v) is 16.5. The first-order valence-corrected chi connectivity index (χ1v) is 10.5. The van der Waals surface area contributed by atoms with Crippen molar-refractivity contribution in [1.29, 1.82) is 0 Å². The van der Waals surface area contributed by atoms with Crippen LogP contribution in [0.5, 0.6) is 0 Å². The van der Waals surface area contributed by atoms with Crippen LogP contribution in [-0.4, -0.2) is 30.4 Å². The Labute approximate surface area is 169 Å². The number of amides is 1. The Hall–Kier alpha value is -3.17. The standard InChI is InChI=1S/C20H22N4O4S/c25-20(22-10-2-12-24-13-11-21-16-24)9-6-17-4-7-19(8-5-17)29(26,27)23-15-18-3-1-14-28-18/h1,3-9,11,13-14,16,23H,2,10,12,15H2,(H,22,25)/b9-6+. The maximum Gasteiger partial charge on any atom is 0.244 e. The summed E-state index contributed by atoms with van der Waals surface area (Å²) >= 11 is 0. The van der Waals surface area contributed by atoms with Gasteiger partial charge in [0.1, 0.15) is 5.76 Å². The second-order valence-corrected chi connectivity index (χ2v) is 8.02. The van der Waals surface area contributed by atoms with Crippen molar-refractivity contribution in [2.45, 2.75) is 24.4 Å². The van der Waals surface area contributed by atoms with Crippen LogP contribution in [0, 0.1) is 0 Å². The van der Waals surface area contributed by atoms with E-state index in [1.807, 2.05) is 10.8 Å². The van der Waals surface area contributed by atoms with E-state index in [0.29, 0.717) is 12.3 Å². The van der Waals surface area contributed by atoms with E-state index in [9.17, 15) is 13.2 Å². The monoisotopic (exact) mass is 414 g/mol. The van der Waals surface area contributed by atoms with Gasteiger partial charge < -0.3 is 14.3 Å². The molecule has 152 valence electrons. The zero-order chi connectivity index (χ0) is 20.5.